The lowest BCUT2D eigenvalue weighted by Crippen LogP contribution is -2.60. The molecule has 13 nitrogen and oxygen atoms in total. The van der Waals surface area contributed by atoms with Crippen LogP contribution in [0.4, 0.5) is 5.69 Å². The third kappa shape index (κ3) is 9.38. The molecule has 0 aromatic heterocycles. The molecule has 0 amide bonds. The number of ether oxygens (including phenoxy) is 4. The molecule has 19 unspecified atom stereocenters. The number of rotatable bonds is 10. The third-order valence-corrected chi connectivity index (χ3v) is 24.6. The minimum atomic E-state index is -1.29. The van der Waals surface area contributed by atoms with E-state index in [1.165, 1.54) is 12.0 Å². The molecule has 2 spiro atoms. The molecule has 13 heteroatoms. The fourth-order valence-electron chi connectivity index (χ4n) is 21.4. The maximum Gasteiger partial charge on any atom is 0.207 e. The fraction of sp³-hybridized carbons (Fsp3) is 0.710. The molecular weight excluding hydrogens is 1030 g/mol. The van der Waals surface area contributed by atoms with E-state index in [-0.39, 0.29) is 83.6 Å². The summed E-state index contributed by atoms with van der Waals surface area (Å²) in [6, 6.07) is 13.4. The summed E-state index contributed by atoms with van der Waals surface area (Å²) in [4.78, 5) is 20.7. The lowest BCUT2D eigenvalue weighted by molar-refractivity contribution is -0.338. The first-order chi connectivity index (χ1) is 39.8. The number of nitrogens with zero attached hydrogens (tertiary/aromatic N) is 1. The smallest absolute Gasteiger partial charge is 0.207 e. The number of fused-ring (bicyclic) bond motifs is 12. The van der Waals surface area contributed by atoms with E-state index in [4.69, 9.17) is 23.9 Å². The van der Waals surface area contributed by atoms with E-state index < -0.39 is 22.2 Å². The second kappa shape index (κ2) is 22.3. The Morgan fingerprint density at radius 1 is 0.939 bits per heavy atom. The normalized spacial score (nSPS) is 42.7. The van der Waals surface area contributed by atoms with Crippen molar-refractivity contribution in [1.82, 2.24) is 10.6 Å². The van der Waals surface area contributed by atoms with Crippen molar-refractivity contribution in [1.29, 1.82) is 0 Å². The Morgan fingerprint density at radius 2 is 1.80 bits per heavy atom. The highest BCUT2D eigenvalue weighted by atomic mass is 16.6. The standard InChI is InChI=1S/C69H92N4O9/c1-5-42-14-20-50-51(12-9-28-74)53-13-7-26-68(53)49-33-57(73-64(71-3)72-27-8-11-48-10-6-25-67(48,61(77)23-21-54(68)52(50)30-42)35-43-15-22-58(76)59(31-43)79-4)63-60(34-49)81-66(41-70-2)37-56-44(24-29-80-63)16-18-46-36-65(56,39-66)40-69(78)55(46)32-45-17-19-47(38-75)62(45)82-69/h15,21-23,31,33-34,42,44-48,50-56,62,70,74-76,78H,5-7,9-14,16-20,25-26,28,30,32,35-41H2,1-4H3,(H2,71,72,73). The van der Waals surface area contributed by atoms with Crippen molar-refractivity contribution >= 4 is 17.4 Å². The van der Waals surface area contributed by atoms with Crippen molar-refractivity contribution < 1.29 is 44.2 Å². The van der Waals surface area contributed by atoms with E-state index in [2.05, 4.69) is 65.1 Å². The second-order valence-corrected chi connectivity index (χ2v) is 28.2. The van der Waals surface area contributed by atoms with Crippen molar-refractivity contribution in [3.05, 3.63) is 53.6 Å². The first kappa shape index (κ1) is 56.4. The summed E-state index contributed by atoms with van der Waals surface area (Å²) in [5.41, 5.74) is 0.729. The summed E-state index contributed by atoms with van der Waals surface area (Å²) in [5.74, 6) is 11.2. The quantitative estimate of drug-likeness (QED) is 0.112. The Hall–Kier alpha value is -4.76. The van der Waals surface area contributed by atoms with E-state index in [1.54, 1.807) is 20.2 Å². The summed E-state index contributed by atoms with van der Waals surface area (Å²) in [6.45, 7) is 3.19. The van der Waals surface area contributed by atoms with Crippen LogP contribution in [0.5, 0.6) is 23.0 Å². The van der Waals surface area contributed by atoms with Crippen LogP contribution >= 0.6 is 0 Å². The monoisotopic (exact) mass is 1120 g/mol. The predicted molar refractivity (Wildman–Crippen MR) is 316 cm³/mol. The average Bonchev–Trinajstić information content (AvgIpc) is 2.17. The molecular formula is C69H92N4O9. The van der Waals surface area contributed by atoms with Gasteiger partial charge in [0, 0.05) is 74.3 Å². The first-order valence-electron chi connectivity index (χ1n) is 32.2. The number of carbonyl (C=O) groups excluding carboxylic acids is 1. The molecule has 8 aliphatic carbocycles. The lowest BCUT2D eigenvalue weighted by atomic mass is 9.45. The zero-order valence-electron chi connectivity index (χ0n) is 49.3. The molecule has 2 aromatic rings. The van der Waals surface area contributed by atoms with Crippen molar-refractivity contribution in [2.24, 2.45) is 92.8 Å². The number of anilines is 1. The number of methoxy groups -OCH3 is 1. The first-order valence-corrected chi connectivity index (χ1v) is 32.2. The number of aromatic hydroxyl groups is 1. The minimum absolute atomic E-state index is 0.00114. The van der Waals surface area contributed by atoms with Gasteiger partial charge < -0.3 is 50.0 Å². The van der Waals surface area contributed by atoms with Gasteiger partial charge >= 0.3 is 0 Å². The van der Waals surface area contributed by atoms with Gasteiger partial charge in [-0.2, -0.15) is 0 Å². The zero-order valence-corrected chi connectivity index (χ0v) is 49.3. The van der Waals surface area contributed by atoms with Gasteiger partial charge in [-0.15, -0.1) is 0 Å². The molecule has 6 bridgehead atoms. The summed E-state index contributed by atoms with van der Waals surface area (Å²) in [6.07, 6.45) is 28.5. The number of aliphatic hydroxyl groups is 3. The number of aliphatic hydroxyl groups excluding tert-OH is 2. The number of aliphatic imine (C=N–C) groups is 1. The minimum Gasteiger partial charge on any atom is -0.504 e. The summed E-state index contributed by atoms with van der Waals surface area (Å²) in [5, 5.41) is 55.7. The van der Waals surface area contributed by atoms with Crippen molar-refractivity contribution in [3.8, 4) is 47.0 Å². The van der Waals surface area contributed by atoms with Gasteiger partial charge in [-0.3, -0.25) is 15.1 Å². The summed E-state index contributed by atoms with van der Waals surface area (Å²) >= 11 is 0. The van der Waals surface area contributed by atoms with E-state index in [9.17, 15) is 20.4 Å². The Morgan fingerprint density at radius 3 is 2.62 bits per heavy atom. The Balaban J connectivity index is 0.973. The highest BCUT2D eigenvalue weighted by Crippen LogP contribution is 2.70. The molecule has 1 saturated heterocycles. The Bertz CT molecular complexity index is 2940. The molecule has 8 saturated carbocycles. The molecule has 82 heavy (non-hydrogen) atoms. The van der Waals surface area contributed by atoms with Crippen LogP contribution in [0.2, 0.25) is 0 Å². The number of allylic oxidation sites excluding steroid dienone is 2. The average molecular weight is 1120 g/mol. The van der Waals surface area contributed by atoms with Crippen molar-refractivity contribution in [2.75, 3.05) is 46.3 Å². The van der Waals surface area contributed by atoms with Crippen LogP contribution in [0.1, 0.15) is 159 Å². The number of phenolic OH excluding ortho intramolecular Hbond substituents is 1. The van der Waals surface area contributed by atoms with Gasteiger partial charge in [0.1, 0.15) is 11.7 Å². The van der Waals surface area contributed by atoms with Crippen LogP contribution in [0.15, 0.2) is 47.5 Å². The molecule has 3 heterocycles. The molecule has 3 aliphatic heterocycles. The third-order valence-electron chi connectivity index (χ3n) is 24.6. The Labute approximate surface area is 487 Å². The van der Waals surface area contributed by atoms with Crippen molar-refractivity contribution in [3.63, 3.8) is 0 Å². The summed E-state index contributed by atoms with van der Waals surface area (Å²) in [7, 11) is 5.36. The number of nitrogens with one attached hydrogen (secondary N) is 3. The molecule has 7 N–H and O–H groups in total. The van der Waals surface area contributed by atoms with E-state index >= 15 is 4.79 Å². The topological polar surface area (TPSA) is 183 Å². The van der Waals surface area contributed by atoms with Crippen LogP contribution in [0, 0.1) is 112 Å². The maximum atomic E-state index is 15.9. The highest BCUT2D eigenvalue weighted by Gasteiger charge is 2.69. The number of carbonyl (C=O) groups is 1. The second-order valence-electron chi connectivity index (χ2n) is 28.2. The number of ketones is 1. The van der Waals surface area contributed by atoms with E-state index in [1.807, 2.05) is 25.3 Å². The molecule has 19 atom stereocenters. The van der Waals surface area contributed by atoms with Gasteiger partial charge in [0.05, 0.1) is 18.9 Å². The van der Waals surface area contributed by atoms with Gasteiger partial charge in [-0.25, -0.2) is 0 Å². The van der Waals surface area contributed by atoms with Gasteiger partial charge in [-0.1, -0.05) is 56.6 Å². The number of hydrogen-bond acceptors (Lipinski definition) is 11. The van der Waals surface area contributed by atoms with Gasteiger partial charge in [0.15, 0.2) is 28.8 Å². The van der Waals surface area contributed by atoms with Crippen molar-refractivity contribution in [2.45, 2.75) is 178 Å². The highest BCUT2D eigenvalue weighted by molar-refractivity contribution is 5.97. The van der Waals surface area contributed by atoms with Crippen LogP contribution in [0.3, 0.4) is 0 Å². The molecule has 11 aliphatic rings. The van der Waals surface area contributed by atoms with E-state index in [0.29, 0.717) is 84.3 Å². The maximum absolute atomic E-state index is 15.9. The Kier molecular flexibility index (Phi) is 15.3. The lowest BCUT2D eigenvalue weighted by Gasteiger charge is -2.59. The van der Waals surface area contributed by atoms with Gasteiger partial charge in [0.25, 0.3) is 0 Å². The summed E-state index contributed by atoms with van der Waals surface area (Å²) < 4.78 is 27.6. The predicted octanol–water partition coefficient (Wildman–Crippen LogP) is 10.4. The SMILES string of the molecule is CCC1CCC2C(C1)C1C=CC(=O)C3(Cc4ccc(O)c(OC)c4)CCCC3CC#CNC(=NC)Nc3cc(cc4c3OC#CC3CCC5CC6(CC(CNC)(CC36)O4)CC3(O)OC4C(CO)CCC4CC53)C13CCCC3C2CCCO. The number of likely N-dealkylation sites (N-methyl/N-ethyl adjacent to an activating group) is 1. The molecule has 0 radical (unpaired) electrons. The number of guanidine groups is 1. The van der Waals surface area contributed by atoms with Crippen LogP contribution < -0.4 is 30.2 Å². The number of phenols is 1. The molecule has 442 valence electrons. The van der Waals surface area contributed by atoms with Gasteiger partial charge in [-0.05, 0) is 222 Å². The van der Waals surface area contributed by atoms with E-state index in [0.717, 1.165) is 128 Å². The van der Waals surface area contributed by atoms with Crippen LogP contribution in [-0.4, -0.2) is 90.6 Å². The molecule has 9 fully saturated rings. The fourth-order valence-corrected chi connectivity index (χ4v) is 21.4. The van der Waals surface area contributed by atoms with Crippen LogP contribution in [-0.2, 0) is 21.4 Å². The number of benzene rings is 2. The zero-order chi connectivity index (χ0) is 56.6. The molecule has 13 rings (SSSR count). The van der Waals surface area contributed by atoms with Crippen LogP contribution in [0.25, 0.3) is 0 Å². The molecule has 2 aromatic carbocycles. The number of hydrogen-bond donors (Lipinski definition) is 7. The van der Waals surface area contributed by atoms with Gasteiger partial charge in [0.2, 0.25) is 11.7 Å². The largest absolute Gasteiger partial charge is 0.504 e.